The molecule has 0 unspecified atom stereocenters. The van der Waals surface area contributed by atoms with Crippen molar-refractivity contribution in [2.45, 2.75) is 38.6 Å². The first kappa shape index (κ1) is 16.5. The van der Waals surface area contributed by atoms with Gasteiger partial charge in [0, 0.05) is 20.0 Å². The van der Waals surface area contributed by atoms with E-state index in [1.165, 1.54) is 12.1 Å². The van der Waals surface area contributed by atoms with Crippen LogP contribution >= 0.6 is 0 Å². The number of hydrogen-bond acceptors (Lipinski definition) is 2. The standard InChI is InChI=1S/C17H23FN2O2/c1-3-4-11-19-17(22)14-9-10-15(21)20(2)16(14)12-5-7-13(18)8-6-12/h5-8,14,16H,3-4,9-11H2,1-2H3,(H,19,22)/t14-,16-/m1/s1. The number of hydrogen-bond donors (Lipinski definition) is 1. The van der Waals surface area contributed by atoms with E-state index in [-0.39, 0.29) is 29.6 Å². The van der Waals surface area contributed by atoms with Gasteiger partial charge in [-0.05, 0) is 30.5 Å². The Balaban J connectivity index is 2.20. The van der Waals surface area contributed by atoms with Crippen LogP contribution in [0.15, 0.2) is 24.3 Å². The molecule has 1 saturated heterocycles. The molecule has 1 N–H and O–H groups in total. The van der Waals surface area contributed by atoms with Crippen molar-refractivity contribution in [3.8, 4) is 0 Å². The molecule has 1 aromatic rings. The van der Waals surface area contributed by atoms with E-state index in [4.69, 9.17) is 0 Å². The van der Waals surface area contributed by atoms with Crippen molar-refractivity contribution in [3.63, 3.8) is 0 Å². The lowest BCUT2D eigenvalue weighted by Gasteiger charge is -2.38. The predicted octanol–water partition coefficient (Wildman–Crippen LogP) is 2.65. The minimum Gasteiger partial charge on any atom is -0.356 e. The SMILES string of the molecule is CCCCNC(=O)[C@@H]1CCC(=O)N(C)[C@@H]1c1ccc(F)cc1. The molecule has 0 bridgehead atoms. The Morgan fingerprint density at radius 2 is 2.05 bits per heavy atom. The highest BCUT2D eigenvalue weighted by Gasteiger charge is 2.38. The Hall–Kier alpha value is -1.91. The molecule has 5 heteroatoms. The van der Waals surface area contributed by atoms with Gasteiger partial charge in [0.1, 0.15) is 5.82 Å². The fourth-order valence-electron chi connectivity index (χ4n) is 2.95. The van der Waals surface area contributed by atoms with Crippen LogP contribution < -0.4 is 5.32 Å². The molecule has 0 radical (unpaired) electrons. The number of amides is 2. The summed E-state index contributed by atoms with van der Waals surface area (Å²) < 4.78 is 13.1. The minimum atomic E-state index is -0.330. The number of likely N-dealkylation sites (tertiary alicyclic amines) is 1. The number of carbonyl (C=O) groups excluding carboxylic acids is 2. The highest BCUT2D eigenvalue weighted by Crippen LogP contribution is 2.35. The molecule has 2 atom stereocenters. The quantitative estimate of drug-likeness (QED) is 0.850. The third-order valence-electron chi connectivity index (χ3n) is 4.24. The van der Waals surface area contributed by atoms with Crippen LogP contribution in [0.2, 0.25) is 0 Å². The monoisotopic (exact) mass is 306 g/mol. The Morgan fingerprint density at radius 1 is 1.36 bits per heavy atom. The van der Waals surface area contributed by atoms with E-state index in [0.29, 0.717) is 19.4 Å². The molecule has 0 aromatic heterocycles. The van der Waals surface area contributed by atoms with Crippen molar-refractivity contribution in [1.29, 1.82) is 0 Å². The van der Waals surface area contributed by atoms with Gasteiger partial charge >= 0.3 is 0 Å². The second kappa shape index (κ2) is 7.38. The third kappa shape index (κ3) is 3.64. The van der Waals surface area contributed by atoms with E-state index in [2.05, 4.69) is 12.2 Å². The lowest BCUT2D eigenvalue weighted by molar-refractivity contribution is -0.141. The molecular weight excluding hydrogens is 283 g/mol. The topological polar surface area (TPSA) is 49.4 Å². The first-order valence-corrected chi connectivity index (χ1v) is 7.83. The van der Waals surface area contributed by atoms with E-state index in [0.717, 1.165) is 18.4 Å². The molecule has 1 aliphatic heterocycles. The zero-order chi connectivity index (χ0) is 16.1. The van der Waals surface area contributed by atoms with Crippen LogP contribution in [-0.4, -0.2) is 30.3 Å². The Kier molecular flexibility index (Phi) is 5.52. The van der Waals surface area contributed by atoms with Gasteiger partial charge in [-0.25, -0.2) is 4.39 Å². The molecule has 1 fully saturated rings. The van der Waals surface area contributed by atoms with E-state index in [1.54, 1.807) is 24.1 Å². The molecule has 2 rings (SSSR count). The van der Waals surface area contributed by atoms with E-state index >= 15 is 0 Å². The van der Waals surface area contributed by atoms with Crippen LogP contribution in [-0.2, 0) is 9.59 Å². The average Bonchev–Trinajstić information content (AvgIpc) is 2.51. The molecule has 0 spiro atoms. The van der Waals surface area contributed by atoms with Crippen molar-refractivity contribution in [1.82, 2.24) is 10.2 Å². The zero-order valence-electron chi connectivity index (χ0n) is 13.1. The van der Waals surface area contributed by atoms with Gasteiger partial charge in [0.25, 0.3) is 0 Å². The molecule has 1 heterocycles. The Bertz CT molecular complexity index is 530. The van der Waals surface area contributed by atoms with E-state index in [9.17, 15) is 14.0 Å². The highest BCUT2D eigenvalue weighted by atomic mass is 19.1. The number of nitrogens with one attached hydrogen (secondary N) is 1. The van der Waals surface area contributed by atoms with Crippen molar-refractivity contribution < 1.29 is 14.0 Å². The summed E-state index contributed by atoms with van der Waals surface area (Å²) in [6, 6.07) is 5.72. The highest BCUT2D eigenvalue weighted by molar-refractivity contribution is 5.84. The van der Waals surface area contributed by atoms with Crippen molar-refractivity contribution >= 4 is 11.8 Å². The van der Waals surface area contributed by atoms with Crippen LogP contribution in [0.4, 0.5) is 4.39 Å². The fraction of sp³-hybridized carbons (Fsp3) is 0.529. The number of nitrogens with zero attached hydrogens (tertiary/aromatic N) is 1. The summed E-state index contributed by atoms with van der Waals surface area (Å²) in [5.41, 5.74) is 0.799. The smallest absolute Gasteiger partial charge is 0.225 e. The second-order valence-electron chi connectivity index (χ2n) is 5.79. The predicted molar refractivity (Wildman–Crippen MR) is 82.6 cm³/mol. The number of unbranched alkanes of at least 4 members (excludes halogenated alkanes) is 1. The van der Waals surface area contributed by atoms with Gasteiger partial charge in [0.05, 0.1) is 12.0 Å². The molecule has 0 aliphatic carbocycles. The summed E-state index contributed by atoms with van der Waals surface area (Å²) in [7, 11) is 1.71. The molecule has 22 heavy (non-hydrogen) atoms. The lowest BCUT2D eigenvalue weighted by Crippen LogP contribution is -2.46. The van der Waals surface area contributed by atoms with Crippen molar-refractivity contribution in [2.75, 3.05) is 13.6 Å². The molecular formula is C17H23FN2O2. The van der Waals surface area contributed by atoms with Gasteiger partial charge in [-0.1, -0.05) is 25.5 Å². The minimum absolute atomic E-state index is 0.0203. The molecule has 0 saturated carbocycles. The summed E-state index contributed by atoms with van der Waals surface area (Å²) in [5.74, 6) is -0.614. The van der Waals surface area contributed by atoms with Crippen molar-refractivity contribution in [3.05, 3.63) is 35.6 Å². The molecule has 1 aliphatic rings. The summed E-state index contributed by atoms with van der Waals surface area (Å²) in [4.78, 5) is 26.1. The van der Waals surface area contributed by atoms with Crippen LogP contribution in [0.3, 0.4) is 0 Å². The average molecular weight is 306 g/mol. The first-order valence-electron chi connectivity index (χ1n) is 7.83. The number of benzene rings is 1. The summed E-state index contributed by atoms with van der Waals surface area (Å²) in [6.45, 7) is 2.72. The summed E-state index contributed by atoms with van der Waals surface area (Å²) in [5, 5.41) is 2.95. The summed E-state index contributed by atoms with van der Waals surface area (Å²) >= 11 is 0. The lowest BCUT2D eigenvalue weighted by atomic mass is 9.84. The van der Waals surface area contributed by atoms with Gasteiger partial charge in [0.15, 0.2) is 0 Å². The van der Waals surface area contributed by atoms with Gasteiger partial charge in [-0.15, -0.1) is 0 Å². The second-order valence-corrected chi connectivity index (χ2v) is 5.79. The maximum Gasteiger partial charge on any atom is 0.225 e. The normalized spacial score (nSPS) is 21.8. The van der Waals surface area contributed by atoms with Gasteiger partial charge < -0.3 is 10.2 Å². The van der Waals surface area contributed by atoms with Gasteiger partial charge in [-0.3, -0.25) is 9.59 Å². The van der Waals surface area contributed by atoms with Crippen molar-refractivity contribution in [2.24, 2.45) is 5.92 Å². The third-order valence-corrected chi connectivity index (χ3v) is 4.24. The molecule has 2 amide bonds. The maximum atomic E-state index is 13.1. The van der Waals surface area contributed by atoms with E-state index in [1.807, 2.05) is 0 Å². The number of halogens is 1. The number of rotatable bonds is 5. The first-order chi connectivity index (χ1) is 10.5. The van der Waals surface area contributed by atoms with Crippen LogP contribution in [0, 0.1) is 11.7 Å². The fourth-order valence-corrected chi connectivity index (χ4v) is 2.95. The zero-order valence-corrected chi connectivity index (χ0v) is 13.1. The largest absolute Gasteiger partial charge is 0.356 e. The summed E-state index contributed by atoms with van der Waals surface area (Å²) in [6.07, 6.45) is 2.86. The molecule has 4 nitrogen and oxygen atoms in total. The Morgan fingerprint density at radius 3 is 2.68 bits per heavy atom. The molecule has 1 aromatic carbocycles. The van der Waals surface area contributed by atoms with Gasteiger partial charge in [0.2, 0.25) is 11.8 Å². The van der Waals surface area contributed by atoms with Crippen LogP contribution in [0.1, 0.15) is 44.2 Å². The number of piperidine rings is 1. The Labute approximate surface area is 130 Å². The van der Waals surface area contributed by atoms with E-state index < -0.39 is 0 Å². The number of carbonyl (C=O) groups is 2. The van der Waals surface area contributed by atoms with Gasteiger partial charge in [-0.2, -0.15) is 0 Å². The molecule has 120 valence electrons. The van der Waals surface area contributed by atoms with Crippen LogP contribution in [0.25, 0.3) is 0 Å². The maximum absolute atomic E-state index is 13.1. The van der Waals surface area contributed by atoms with Crippen LogP contribution in [0.5, 0.6) is 0 Å².